The zero-order chi connectivity index (χ0) is 15.3. The molecule has 1 N–H and O–H groups in total. The van der Waals surface area contributed by atoms with Gasteiger partial charge in [-0.25, -0.2) is 8.42 Å². The van der Waals surface area contributed by atoms with E-state index in [2.05, 4.69) is 10.2 Å². The van der Waals surface area contributed by atoms with Crippen LogP contribution in [-0.4, -0.2) is 68.6 Å². The Bertz CT molecular complexity index is 440. The van der Waals surface area contributed by atoms with Crippen LogP contribution < -0.4 is 5.32 Å². The van der Waals surface area contributed by atoms with Crippen molar-refractivity contribution in [3.63, 3.8) is 0 Å². The maximum Gasteiger partial charge on any atom is 0.223 e. The molecule has 0 aromatic heterocycles. The number of piperazine rings is 1. The minimum atomic E-state index is -3.06. The van der Waals surface area contributed by atoms with E-state index in [1.165, 1.54) is 6.42 Å². The number of hydrogen-bond acceptors (Lipinski definition) is 4. The fraction of sp³-hybridized carbons (Fsp3) is 0.929. The molecule has 0 spiro atoms. The second-order valence-electron chi connectivity index (χ2n) is 5.98. The van der Waals surface area contributed by atoms with Gasteiger partial charge in [-0.05, 0) is 19.3 Å². The second kappa shape index (κ2) is 7.56. The van der Waals surface area contributed by atoms with Gasteiger partial charge in [0.15, 0.2) is 0 Å². The summed E-state index contributed by atoms with van der Waals surface area (Å²) in [7, 11) is -3.06. The van der Waals surface area contributed by atoms with Gasteiger partial charge in [-0.2, -0.15) is 4.31 Å². The average molecular weight is 317 g/mol. The molecule has 1 amide bonds. The van der Waals surface area contributed by atoms with Crippen LogP contribution in [0.1, 0.15) is 32.6 Å². The Morgan fingerprint density at radius 1 is 1.19 bits per heavy atom. The number of sulfonamides is 1. The van der Waals surface area contributed by atoms with E-state index in [0.29, 0.717) is 26.1 Å². The molecule has 0 atom stereocenters. The van der Waals surface area contributed by atoms with E-state index in [0.717, 1.165) is 32.5 Å². The van der Waals surface area contributed by atoms with E-state index in [1.807, 2.05) is 6.92 Å². The van der Waals surface area contributed by atoms with Gasteiger partial charge in [0.2, 0.25) is 15.9 Å². The quantitative estimate of drug-likeness (QED) is 0.731. The lowest BCUT2D eigenvalue weighted by molar-refractivity contribution is -0.127. The predicted molar refractivity (Wildman–Crippen MR) is 82.4 cm³/mol. The smallest absolute Gasteiger partial charge is 0.223 e. The number of rotatable bonds is 7. The molecule has 0 aromatic rings. The summed E-state index contributed by atoms with van der Waals surface area (Å²) in [5.74, 6) is 0.663. The fourth-order valence-electron chi connectivity index (χ4n) is 2.77. The van der Waals surface area contributed by atoms with Crippen molar-refractivity contribution in [3.05, 3.63) is 0 Å². The Balaban J connectivity index is 1.63. The van der Waals surface area contributed by atoms with Crippen molar-refractivity contribution in [1.82, 2.24) is 14.5 Å². The number of hydrogen-bond donors (Lipinski definition) is 1. The van der Waals surface area contributed by atoms with Crippen LogP contribution in [0.5, 0.6) is 0 Å². The Morgan fingerprint density at radius 3 is 2.38 bits per heavy atom. The van der Waals surface area contributed by atoms with E-state index in [9.17, 15) is 13.2 Å². The summed E-state index contributed by atoms with van der Waals surface area (Å²) in [6.45, 7) is 6.00. The number of nitrogens with one attached hydrogen (secondary N) is 1. The van der Waals surface area contributed by atoms with E-state index < -0.39 is 10.0 Å². The van der Waals surface area contributed by atoms with Crippen molar-refractivity contribution in [3.8, 4) is 0 Å². The molecule has 1 aliphatic carbocycles. The van der Waals surface area contributed by atoms with Gasteiger partial charge >= 0.3 is 0 Å². The zero-order valence-electron chi connectivity index (χ0n) is 12.9. The summed E-state index contributed by atoms with van der Waals surface area (Å²) >= 11 is 0. The molecule has 1 heterocycles. The van der Waals surface area contributed by atoms with Crippen molar-refractivity contribution in [2.45, 2.75) is 32.6 Å². The molecule has 0 bridgehead atoms. The van der Waals surface area contributed by atoms with Gasteiger partial charge < -0.3 is 5.32 Å². The standard InChI is InChI=1S/C14H27N3O3S/c1-2-12-21(19,20)17-10-8-16(9-11-17)7-6-15-14(18)13-4-3-5-13/h13H,2-12H2,1H3,(H,15,18). The molecule has 1 saturated heterocycles. The topological polar surface area (TPSA) is 69.7 Å². The maximum absolute atomic E-state index is 12.0. The fourth-order valence-corrected chi connectivity index (χ4v) is 4.26. The number of carbonyl (C=O) groups is 1. The summed E-state index contributed by atoms with van der Waals surface area (Å²) in [4.78, 5) is 13.9. The third-order valence-electron chi connectivity index (χ3n) is 4.39. The summed E-state index contributed by atoms with van der Waals surface area (Å²) in [6, 6.07) is 0. The number of amides is 1. The van der Waals surface area contributed by atoms with E-state index in [1.54, 1.807) is 4.31 Å². The highest BCUT2D eigenvalue weighted by molar-refractivity contribution is 7.89. The molecule has 0 aromatic carbocycles. The van der Waals surface area contributed by atoms with Gasteiger partial charge in [0.05, 0.1) is 5.75 Å². The first-order valence-electron chi connectivity index (χ1n) is 8.01. The molecule has 2 rings (SSSR count). The Kier molecular flexibility index (Phi) is 6.01. The van der Waals surface area contributed by atoms with Crippen molar-refractivity contribution < 1.29 is 13.2 Å². The second-order valence-corrected chi connectivity index (χ2v) is 8.06. The molecule has 6 nitrogen and oxygen atoms in total. The maximum atomic E-state index is 12.0. The third-order valence-corrected chi connectivity index (χ3v) is 6.47. The van der Waals surface area contributed by atoms with Crippen molar-refractivity contribution >= 4 is 15.9 Å². The highest BCUT2D eigenvalue weighted by atomic mass is 32.2. The molecule has 2 aliphatic rings. The number of nitrogens with zero attached hydrogens (tertiary/aromatic N) is 2. The highest BCUT2D eigenvalue weighted by Crippen LogP contribution is 2.25. The molecule has 7 heteroatoms. The van der Waals surface area contributed by atoms with Crippen LogP contribution >= 0.6 is 0 Å². The van der Waals surface area contributed by atoms with Crippen molar-refractivity contribution in [2.75, 3.05) is 45.0 Å². The molecular weight excluding hydrogens is 290 g/mol. The molecule has 122 valence electrons. The largest absolute Gasteiger partial charge is 0.355 e. The van der Waals surface area contributed by atoms with E-state index in [4.69, 9.17) is 0 Å². The van der Waals surface area contributed by atoms with Crippen LogP contribution in [-0.2, 0) is 14.8 Å². The van der Waals surface area contributed by atoms with Crippen molar-refractivity contribution in [1.29, 1.82) is 0 Å². The van der Waals surface area contributed by atoms with Gasteiger partial charge in [0, 0.05) is 45.2 Å². The minimum Gasteiger partial charge on any atom is -0.355 e. The SMILES string of the molecule is CCCS(=O)(=O)N1CCN(CCNC(=O)C2CCC2)CC1. The van der Waals surface area contributed by atoms with E-state index in [-0.39, 0.29) is 17.6 Å². The molecule has 1 saturated carbocycles. The van der Waals surface area contributed by atoms with Crippen LogP contribution in [0.2, 0.25) is 0 Å². The summed E-state index contributed by atoms with van der Waals surface area (Å²) in [5.41, 5.74) is 0. The molecule has 21 heavy (non-hydrogen) atoms. The minimum absolute atomic E-state index is 0.186. The molecule has 0 radical (unpaired) electrons. The highest BCUT2D eigenvalue weighted by Gasteiger charge is 2.27. The number of carbonyl (C=O) groups excluding carboxylic acids is 1. The average Bonchev–Trinajstić information content (AvgIpc) is 2.37. The van der Waals surface area contributed by atoms with Gasteiger partial charge in [-0.3, -0.25) is 9.69 Å². The lowest BCUT2D eigenvalue weighted by Crippen LogP contribution is -2.51. The van der Waals surface area contributed by atoms with Crippen LogP contribution in [0, 0.1) is 5.92 Å². The van der Waals surface area contributed by atoms with Crippen LogP contribution in [0.25, 0.3) is 0 Å². The van der Waals surface area contributed by atoms with Gasteiger partial charge in [-0.15, -0.1) is 0 Å². The van der Waals surface area contributed by atoms with Gasteiger partial charge in [0.1, 0.15) is 0 Å². The Hall–Kier alpha value is -0.660. The third kappa shape index (κ3) is 4.66. The van der Waals surface area contributed by atoms with Crippen molar-refractivity contribution in [2.24, 2.45) is 5.92 Å². The van der Waals surface area contributed by atoms with Crippen LogP contribution in [0.3, 0.4) is 0 Å². The monoisotopic (exact) mass is 317 g/mol. The van der Waals surface area contributed by atoms with Gasteiger partial charge in [-0.1, -0.05) is 13.3 Å². The molecular formula is C14H27N3O3S. The lowest BCUT2D eigenvalue weighted by Gasteiger charge is -2.34. The predicted octanol–water partition coefficient (Wildman–Crippen LogP) is 0.260. The molecule has 1 aliphatic heterocycles. The molecule has 0 unspecified atom stereocenters. The zero-order valence-corrected chi connectivity index (χ0v) is 13.7. The first kappa shape index (κ1) is 16.7. The normalized spacial score (nSPS) is 22.0. The lowest BCUT2D eigenvalue weighted by atomic mass is 9.85. The first-order valence-corrected chi connectivity index (χ1v) is 9.61. The summed E-state index contributed by atoms with van der Waals surface area (Å²) in [6.07, 6.45) is 3.89. The first-order chi connectivity index (χ1) is 10.0. The summed E-state index contributed by atoms with van der Waals surface area (Å²) in [5, 5.41) is 2.98. The molecule has 2 fully saturated rings. The van der Waals surface area contributed by atoms with E-state index >= 15 is 0 Å². The Morgan fingerprint density at radius 2 is 1.86 bits per heavy atom. The van der Waals surface area contributed by atoms with Gasteiger partial charge in [0.25, 0.3) is 0 Å². The summed E-state index contributed by atoms with van der Waals surface area (Å²) < 4.78 is 25.5. The van der Waals surface area contributed by atoms with Crippen LogP contribution in [0.15, 0.2) is 0 Å². The van der Waals surface area contributed by atoms with Crippen LogP contribution in [0.4, 0.5) is 0 Å². The Labute approximate surface area is 127 Å².